The van der Waals surface area contributed by atoms with Crippen molar-refractivity contribution in [3.8, 4) is 11.5 Å². The smallest absolute Gasteiger partial charge is 0.343 e. The molecule has 4 rings (SSSR count). The van der Waals surface area contributed by atoms with Crippen LogP contribution >= 0.6 is 34.8 Å². The summed E-state index contributed by atoms with van der Waals surface area (Å²) < 4.78 is 11.2. The van der Waals surface area contributed by atoms with E-state index in [0.717, 1.165) is 0 Å². The van der Waals surface area contributed by atoms with Crippen LogP contribution < -0.4 is 9.47 Å². The van der Waals surface area contributed by atoms with Crippen LogP contribution in [-0.2, 0) is 0 Å². The molecular weight excluding hydrogens is 447 g/mol. The summed E-state index contributed by atoms with van der Waals surface area (Å²) in [5, 5.41) is 1.41. The van der Waals surface area contributed by atoms with Crippen molar-refractivity contribution in [3.63, 3.8) is 0 Å². The van der Waals surface area contributed by atoms with E-state index in [1.165, 1.54) is 6.07 Å². The van der Waals surface area contributed by atoms with E-state index in [1.54, 1.807) is 61.5 Å². The van der Waals surface area contributed by atoms with Gasteiger partial charge < -0.3 is 9.47 Å². The summed E-state index contributed by atoms with van der Waals surface area (Å²) in [6, 6.07) is 14.4. The summed E-state index contributed by atoms with van der Waals surface area (Å²) in [5.41, 5.74) is 2.00. The predicted molar refractivity (Wildman–Crippen MR) is 117 cm³/mol. The predicted octanol–water partition coefficient (Wildman–Crippen LogP) is 6.79. The van der Waals surface area contributed by atoms with Crippen LogP contribution in [-0.4, -0.2) is 11.8 Å². The van der Waals surface area contributed by atoms with E-state index >= 15 is 0 Å². The van der Waals surface area contributed by atoms with Crippen LogP contribution in [0.25, 0.3) is 6.08 Å². The monoisotopic (exact) mass is 458 g/mol. The number of ether oxygens (including phenoxy) is 2. The maximum atomic E-state index is 12.8. The van der Waals surface area contributed by atoms with Gasteiger partial charge in [-0.15, -0.1) is 0 Å². The van der Waals surface area contributed by atoms with Crippen molar-refractivity contribution < 1.29 is 19.1 Å². The summed E-state index contributed by atoms with van der Waals surface area (Å²) in [5.74, 6) is -0.110. The van der Waals surface area contributed by atoms with Crippen molar-refractivity contribution in [2.45, 2.75) is 6.92 Å². The topological polar surface area (TPSA) is 52.6 Å². The lowest BCUT2D eigenvalue weighted by atomic mass is 10.0. The zero-order valence-corrected chi connectivity index (χ0v) is 17.8. The largest absolute Gasteiger partial charge is 0.452 e. The van der Waals surface area contributed by atoms with Crippen LogP contribution in [0.5, 0.6) is 11.5 Å². The summed E-state index contributed by atoms with van der Waals surface area (Å²) in [6.07, 6.45) is 1.56. The Morgan fingerprint density at radius 2 is 1.67 bits per heavy atom. The Kier molecular flexibility index (Phi) is 5.56. The third-order valence-electron chi connectivity index (χ3n) is 4.48. The van der Waals surface area contributed by atoms with Gasteiger partial charge in [-0.25, -0.2) is 4.79 Å². The molecule has 0 aliphatic carbocycles. The maximum Gasteiger partial charge on any atom is 0.343 e. The van der Waals surface area contributed by atoms with Gasteiger partial charge in [0.1, 0.15) is 11.5 Å². The Hall–Kier alpha value is -2.79. The van der Waals surface area contributed by atoms with Gasteiger partial charge in [-0.05, 0) is 66.6 Å². The standard InChI is InChI=1S/C23H13Cl3O4/c1-12-8-17(29-23(28)13-2-5-15(24)6-3-13)11-19-21(12)22(27)20(30-19)9-14-4-7-16(25)10-18(14)26/h2-11H,1H3/b20-9-. The van der Waals surface area contributed by atoms with Gasteiger partial charge in [0.05, 0.1) is 11.1 Å². The number of carbonyl (C=O) groups excluding carboxylic acids is 2. The molecule has 0 amide bonds. The molecule has 0 aromatic heterocycles. The van der Waals surface area contributed by atoms with E-state index in [1.807, 2.05) is 0 Å². The van der Waals surface area contributed by atoms with Crippen LogP contribution in [0.2, 0.25) is 15.1 Å². The normalized spacial score (nSPS) is 13.9. The number of hydrogen-bond acceptors (Lipinski definition) is 4. The molecule has 0 saturated heterocycles. The van der Waals surface area contributed by atoms with E-state index in [9.17, 15) is 9.59 Å². The van der Waals surface area contributed by atoms with Crippen LogP contribution in [0.3, 0.4) is 0 Å². The first-order valence-corrected chi connectivity index (χ1v) is 9.97. The first kappa shape index (κ1) is 20.5. The molecule has 0 radical (unpaired) electrons. The van der Waals surface area contributed by atoms with Gasteiger partial charge in [0.2, 0.25) is 5.78 Å². The average Bonchev–Trinajstić information content (AvgIpc) is 3.00. The number of allylic oxidation sites excluding steroid dienone is 1. The van der Waals surface area contributed by atoms with E-state index in [0.29, 0.717) is 43.1 Å². The maximum absolute atomic E-state index is 12.8. The Labute approximate surface area is 187 Å². The Morgan fingerprint density at radius 3 is 2.37 bits per heavy atom. The van der Waals surface area contributed by atoms with Crippen molar-refractivity contribution in [1.29, 1.82) is 0 Å². The Bertz CT molecular complexity index is 1210. The number of hydrogen-bond donors (Lipinski definition) is 0. The van der Waals surface area contributed by atoms with Gasteiger partial charge in [0, 0.05) is 21.1 Å². The van der Waals surface area contributed by atoms with Gasteiger partial charge in [-0.1, -0.05) is 40.9 Å². The number of carbonyl (C=O) groups is 2. The van der Waals surface area contributed by atoms with Crippen molar-refractivity contribution in [3.05, 3.63) is 97.7 Å². The number of ketones is 1. The molecule has 3 aromatic rings. The SMILES string of the molecule is Cc1cc(OC(=O)c2ccc(Cl)cc2)cc2c1C(=O)/C(=C/c1ccc(Cl)cc1Cl)O2. The molecule has 0 bridgehead atoms. The molecular formula is C23H13Cl3O4. The lowest BCUT2D eigenvalue weighted by Crippen LogP contribution is -2.08. The molecule has 0 atom stereocenters. The number of benzene rings is 3. The fourth-order valence-corrected chi connectivity index (χ4v) is 3.64. The molecule has 1 aliphatic rings. The highest BCUT2D eigenvalue weighted by atomic mass is 35.5. The zero-order chi connectivity index (χ0) is 21.4. The van der Waals surface area contributed by atoms with E-state index in [4.69, 9.17) is 44.3 Å². The minimum absolute atomic E-state index is 0.124. The van der Waals surface area contributed by atoms with E-state index in [-0.39, 0.29) is 17.3 Å². The Morgan fingerprint density at radius 1 is 0.967 bits per heavy atom. The first-order chi connectivity index (χ1) is 14.3. The summed E-state index contributed by atoms with van der Waals surface area (Å²) in [7, 11) is 0. The molecule has 1 aliphatic heterocycles. The fraction of sp³-hybridized carbons (Fsp3) is 0.0435. The fourth-order valence-electron chi connectivity index (χ4n) is 3.05. The number of Topliss-reactive ketones (excluding diaryl/α,β-unsaturated/α-hetero) is 1. The molecule has 0 saturated carbocycles. The quantitative estimate of drug-likeness (QED) is 0.246. The molecule has 0 N–H and O–H groups in total. The van der Waals surface area contributed by atoms with Crippen LogP contribution in [0.1, 0.15) is 31.8 Å². The van der Waals surface area contributed by atoms with Gasteiger partial charge in [0.25, 0.3) is 0 Å². The number of rotatable bonds is 3. The highest BCUT2D eigenvalue weighted by Crippen LogP contribution is 2.38. The van der Waals surface area contributed by atoms with E-state index in [2.05, 4.69) is 0 Å². The minimum Gasteiger partial charge on any atom is -0.452 e. The lowest BCUT2D eigenvalue weighted by molar-refractivity contribution is 0.0734. The number of esters is 1. The molecule has 30 heavy (non-hydrogen) atoms. The first-order valence-electron chi connectivity index (χ1n) is 8.83. The lowest BCUT2D eigenvalue weighted by Gasteiger charge is -2.08. The van der Waals surface area contributed by atoms with Crippen molar-refractivity contribution in [1.82, 2.24) is 0 Å². The third-order valence-corrected chi connectivity index (χ3v) is 5.30. The summed E-state index contributed by atoms with van der Waals surface area (Å²) >= 11 is 17.9. The molecule has 4 nitrogen and oxygen atoms in total. The van der Waals surface area contributed by atoms with Gasteiger partial charge in [-0.3, -0.25) is 4.79 Å². The van der Waals surface area contributed by atoms with Gasteiger partial charge in [-0.2, -0.15) is 0 Å². The highest BCUT2D eigenvalue weighted by Gasteiger charge is 2.30. The molecule has 0 fully saturated rings. The Balaban J connectivity index is 1.61. The molecule has 7 heteroatoms. The second-order valence-electron chi connectivity index (χ2n) is 6.62. The number of aryl methyl sites for hydroxylation is 1. The minimum atomic E-state index is -0.543. The van der Waals surface area contributed by atoms with Crippen LogP contribution in [0, 0.1) is 6.92 Å². The average molecular weight is 460 g/mol. The van der Waals surface area contributed by atoms with Gasteiger partial charge in [0.15, 0.2) is 5.76 Å². The van der Waals surface area contributed by atoms with Crippen molar-refractivity contribution in [2.75, 3.05) is 0 Å². The second-order valence-corrected chi connectivity index (χ2v) is 7.90. The van der Waals surface area contributed by atoms with E-state index < -0.39 is 5.97 Å². The van der Waals surface area contributed by atoms with Crippen molar-refractivity contribution in [2.24, 2.45) is 0 Å². The molecule has 0 unspecified atom stereocenters. The summed E-state index contributed by atoms with van der Waals surface area (Å²) in [6.45, 7) is 1.75. The van der Waals surface area contributed by atoms with Crippen molar-refractivity contribution >= 4 is 52.6 Å². The zero-order valence-electron chi connectivity index (χ0n) is 15.5. The molecule has 0 spiro atoms. The number of fused-ring (bicyclic) bond motifs is 1. The van der Waals surface area contributed by atoms with Crippen LogP contribution in [0.4, 0.5) is 0 Å². The van der Waals surface area contributed by atoms with Gasteiger partial charge >= 0.3 is 5.97 Å². The second kappa shape index (κ2) is 8.15. The molecule has 1 heterocycles. The highest BCUT2D eigenvalue weighted by molar-refractivity contribution is 6.35. The number of halogens is 3. The van der Waals surface area contributed by atoms with Crippen LogP contribution in [0.15, 0.2) is 60.4 Å². The molecule has 150 valence electrons. The summed E-state index contributed by atoms with van der Waals surface area (Å²) in [4.78, 5) is 25.2. The molecule has 3 aromatic carbocycles. The third kappa shape index (κ3) is 4.08.